The van der Waals surface area contributed by atoms with Crippen LogP contribution in [-0.2, 0) is 6.54 Å². The molecule has 1 heterocycles. The molecule has 3 heteroatoms. The fraction of sp³-hybridized carbons (Fsp3) is 0.600. The summed E-state index contributed by atoms with van der Waals surface area (Å²) in [5.74, 6) is 0.829. The monoisotopic (exact) mass is 266 g/mol. The third-order valence-electron chi connectivity index (χ3n) is 3.86. The van der Waals surface area contributed by atoms with Crippen LogP contribution in [0.4, 0.5) is 0 Å². The normalized spacial score (nSPS) is 18.1. The van der Waals surface area contributed by atoms with Gasteiger partial charge in [-0.15, -0.1) is 0 Å². The van der Waals surface area contributed by atoms with Crippen molar-refractivity contribution >= 4 is 11.6 Å². The van der Waals surface area contributed by atoms with Crippen molar-refractivity contribution in [3.63, 3.8) is 0 Å². The van der Waals surface area contributed by atoms with Gasteiger partial charge in [-0.05, 0) is 56.6 Å². The maximum atomic E-state index is 6.14. The Kier molecular flexibility index (Phi) is 5.48. The van der Waals surface area contributed by atoms with Crippen molar-refractivity contribution in [2.75, 3.05) is 26.2 Å². The molecule has 2 rings (SSSR count). The van der Waals surface area contributed by atoms with E-state index < -0.39 is 0 Å². The van der Waals surface area contributed by atoms with Gasteiger partial charge in [0.05, 0.1) is 0 Å². The van der Waals surface area contributed by atoms with Crippen molar-refractivity contribution in [1.29, 1.82) is 0 Å². The molecule has 0 bridgehead atoms. The molecule has 1 saturated heterocycles. The Hall–Kier alpha value is -0.570. The Labute approximate surface area is 115 Å². The number of hydrogen-bond donors (Lipinski definition) is 1. The first-order valence-electron chi connectivity index (χ1n) is 6.96. The molecular weight excluding hydrogens is 244 g/mol. The number of nitrogens with one attached hydrogen (secondary N) is 1. The van der Waals surface area contributed by atoms with Gasteiger partial charge in [-0.3, -0.25) is 0 Å². The topological polar surface area (TPSA) is 15.3 Å². The maximum absolute atomic E-state index is 6.14. The van der Waals surface area contributed by atoms with E-state index >= 15 is 0 Å². The van der Waals surface area contributed by atoms with Gasteiger partial charge in [-0.25, -0.2) is 0 Å². The number of halogens is 1. The van der Waals surface area contributed by atoms with Crippen LogP contribution in [0.2, 0.25) is 5.02 Å². The quantitative estimate of drug-likeness (QED) is 0.881. The predicted molar refractivity (Wildman–Crippen MR) is 78.0 cm³/mol. The third-order valence-corrected chi connectivity index (χ3v) is 4.23. The van der Waals surface area contributed by atoms with Gasteiger partial charge in [-0.2, -0.15) is 0 Å². The van der Waals surface area contributed by atoms with Gasteiger partial charge in [0.15, 0.2) is 0 Å². The first kappa shape index (κ1) is 13.9. The van der Waals surface area contributed by atoms with E-state index in [2.05, 4.69) is 23.2 Å². The molecule has 100 valence electrons. The predicted octanol–water partition coefficient (Wildman–Crippen LogP) is 3.16. The Morgan fingerprint density at radius 3 is 2.67 bits per heavy atom. The fourth-order valence-corrected chi connectivity index (χ4v) is 2.76. The molecule has 0 spiro atoms. The second kappa shape index (κ2) is 7.13. The van der Waals surface area contributed by atoms with Gasteiger partial charge in [0.25, 0.3) is 0 Å². The van der Waals surface area contributed by atoms with Crippen LogP contribution in [-0.4, -0.2) is 31.1 Å². The van der Waals surface area contributed by atoms with E-state index in [-0.39, 0.29) is 0 Å². The summed E-state index contributed by atoms with van der Waals surface area (Å²) < 4.78 is 0. The average Bonchev–Trinajstić information content (AvgIpc) is 2.42. The van der Waals surface area contributed by atoms with Crippen LogP contribution in [0, 0.1) is 5.92 Å². The largest absolute Gasteiger partial charge is 0.312 e. The van der Waals surface area contributed by atoms with Crippen LogP contribution in [0.5, 0.6) is 0 Å². The first-order chi connectivity index (χ1) is 8.79. The number of piperidine rings is 1. The molecule has 1 aliphatic heterocycles. The molecule has 18 heavy (non-hydrogen) atoms. The lowest BCUT2D eigenvalue weighted by atomic mass is 9.97. The average molecular weight is 267 g/mol. The van der Waals surface area contributed by atoms with Gasteiger partial charge in [0, 0.05) is 11.6 Å². The Balaban J connectivity index is 1.69. The number of likely N-dealkylation sites (tertiary alicyclic amines) is 1. The Morgan fingerprint density at radius 1 is 1.28 bits per heavy atom. The minimum absolute atomic E-state index is 0.829. The highest BCUT2D eigenvalue weighted by atomic mass is 35.5. The molecule has 0 aromatic heterocycles. The van der Waals surface area contributed by atoms with Crippen molar-refractivity contribution < 1.29 is 0 Å². The van der Waals surface area contributed by atoms with Crippen LogP contribution in [0.3, 0.4) is 0 Å². The molecule has 0 atom stereocenters. The standard InChI is InChI=1S/C15H23ClN2/c1-2-18-9-7-13(8-10-18)11-17-12-14-5-3-4-6-15(14)16/h3-6,13,17H,2,7-12H2,1H3. The molecule has 0 amide bonds. The molecule has 1 aromatic carbocycles. The van der Waals surface area contributed by atoms with E-state index in [0.717, 1.165) is 24.0 Å². The Bertz CT molecular complexity index is 359. The van der Waals surface area contributed by atoms with Crippen LogP contribution in [0.25, 0.3) is 0 Å². The van der Waals surface area contributed by atoms with E-state index in [1.165, 1.54) is 38.0 Å². The second-order valence-corrected chi connectivity index (χ2v) is 5.51. The number of benzene rings is 1. The van der Waals surface area contributed by atoms with Crippen LogP contribution < -0.4 is 5.32 Å². The minimum atomic E-state index is 0.829. The molecule has 0 unspecified atom stereocenters. The lowest BCUT2D eigenvalue weighted by molar-refractivity contribution is 0.190. The smallest absolute Gasteiger partial charge is 0.0450 e. The van der Waals surface area contributed by atoms with Gasteiger partial charge in [-0.1, -0.05) is 36.7 Å². The summed E-state index contributed by atoms with van der Waals surface area (Å²) in [6.07, 6.45) is 2.65. The van der Waals surface area contributed by atoms with Crippen molar-refractivity contribution in [3.05, 3.63) is 34.9 Å². The van der Waals surface area contributed by atoms with Crippen molar-refractivity contribution in [2.45, 2.75) is 26.3 Å². The third kappa shape index (κ3) is 3.98. The van der Waals surface area contributed by atoms with Crippen molar-refractivity contribution in [2.24, 2.45) is 5.92 Å². The zero-order valence-corrected chi connectivity index (χ0v) is 11.9. The van der Waals surface area contributed by atoms with E-state index in [1.54, 1.807) is 0 Å². The maximum Gasteiger partial charge on any atom is 0.0450 e. The van der Waals surface area contributed by atoms with Crippen molar-refractivity contribution in [3.8, 4) is 0 Å². The molecule has 0 radical (unpaired) electrons. The van der Waals surface area contributed by atoms with E-state index in [1.807, 2.05) is 18.2 Å². The zero-order chi connectivity index (χ0) is 12.8. The molecule has 1 N–H and O–H groups in total. The highest BCUT2D eigenvalue weighted by Crippen LogP contribution is 2.17. The summed E-state index contributed by atoms with van der Waals surface area (Å²) in [5.41, 5.74) is 1.20. The summed E-state index contributed by atoms with van der Waals surface area (Å²) in [6.45, 7) is 7.95. The van der Waals surface area contributed by atoms with Crippen LogP contribution in [0.1, 0.15) is 25.3 Å². The van der Waals surface area contributed by atoms with E-state index in [9.17, 15) is 0 Å². The van der Waals surface area contributed by atoms with Gasteiger partial charge in [0.1, 0.15) is 0 Å². The SMILES string of the molecule is CCN1CCC(CNCc2ccccc2Cl)CC1. The summed E-state index contributed by atoms with van der Waals surface area (Å²) in [4.78, 5) is 2.53. The van der Waals surface area contributed by atoms with Crippen LogP contribution in [0.15, 0.2) is 24.3 Å². The number of rotatable bonds is 5. The molecule has 0 saturated carbocycles. The zero-order valence-electron chi connectivity index (χ0n) is 11.2. The molecule has 2 nitrogen and oxygen atoms in total. The number of nitrogens with zero attached hydrogens (tertiary/aromatic N) is 1. The van der Waals surface area contributed by atoms with E-state index in [4.69, 9.17) is 11.6 Å². The molecule has 0 aliphatic carbocycles. The highest BCUT2D eigenvalue weighted by molar-refractivity contribution is 6.31. The summed E-state index contributed by atoms with van der Waals surface area (Å²) in [6, 6.07) is 8.07. The van der Waals surface area contributed by atoms with Crippen molar-refractivity contribution in [1.82, 2.24) is 10.2 Å². The molecule has 1 fully saturated rings. The minimum Gasteiger partial charge on any atom is -0.312 e. The van der Waals surface area contributed by atoms with Gasteiger partial charge < -0.3 is 10.2 Å². The van der Waals surface area contributed by atoms with Crippen LogP contribution >= 0.6 is 11.6 Å². The molecule has 1 aromatic rings. The second-order valence-electron chi connectivity index (χ2n) is 5.10. The summed E-state index contributed by atoms with van der Waals surface area (Å²) >= 11 is 6.14. The van der Waals surface area contributed by atoms with E-state index in [0.29, 0.717) is 0 Å². The lowest BCUT2D eigenvalue weighted by Crippen LogP contribution is -2.36. The van der Waals surface area contributed by atoms with Gasteiger partial charge >= 0.3 is 0 Å². The summed E-state index contributed by atoms with van der Waals surface area (Å²) in [5, 5.41) is 4.41. The van der Waals surface area contributed by atoms with Gasteiger partial charge in [0.2, 0.25) is 0 Å². The fourth-order valence-electron chi connectivity index (χ4n) is 2.56. The number of hydrogen-bond acceptors (Lipinski definition) is 2. The first-order valence-corrected chi connectivity index (χ1v) is 7.34. The molecule has 1 aliphatic rings. The highest BCUT2D eigenvalue weighted by Gasteiger charge is 2.17. The lowest BCUT2D eigenvalue weighted by Gasteiger charge is -2.31. The Morgan fingerprint density at radius 2 is 2.00 bits per heavy atom. The molecular formula is C15H23ClN2. The summed E-state index contributed by atoms with van der Waals surface area (Å²) in [7, 11) is 0.